The molecule has 0 bridgehead atoms. The average molecular weight is 650 g/mol. The lowest BCUT2D eigenvalue weighted by Crippen LogP contribution is -2.36. The van der Waals surface area contributed by atoms with E-state index in [4.69, 9.17) is 0 Å². The number of alkyl halides is 3. The van der Waals surface area contributed by atoms with Crippen LogP contribution in [0, 0.1) is 26.8 Å². The first-order valence-electron chi connectivity index (χ1n) is 11.0. The fourth-order valence-electron chi connectivity index (χ4n) is 4.42. The van der Waals surface area contributed by atoms with Crippen LogP contribution in [0.5, 0.6) is 0 Å². The minimum atomic E-state index is -4.88. The number of nitrogens with one attached hydrogen (secondary N) is 1. The summed E-state index contributed by atoms with van der Waals surface area (Å²) < 4.78 is 96.8. The molecule has 12 heteroatoms. The van der Waals surface area contributed by atoms with Gasteiger partial charge in [-0.2, -0.15) is 13.2 Å². The number of nitrogens with zero attached hydrogens (tertiary/aromatic N) is 1. The van der Waals surface area contributed by atoms with E-state index >= 15 is 0 Å². The molecule has 3 aromatic rings. The Labute approximate surface area is 226 Å². The molecular weight excluding hydrogens is 632 g/mol. The quantitative estimate of drug-likeness (QED) is 0.250. The topological polar surface area (TPSA) is 49.4 Å². The van der Waals surface area contributed by atoms with Crippen LogP contribution < -0.4 is 10.2 Å². The number of hydrogen-bond donors (Lipinski definition) is 1. The Balaban J connectivity index is 1.72. The van der Waals surface area contributed by atoms with E-state index in [1.165, 1.54) is 12.1 Å². The van der Waals surface area contributed by atoms with Gasteiger partial charge in [0.05, 0.1) is 23.2 Å². The molecule has 1 aliphatic rings. The van der Waals surface area contributed by atoms with E-state index in [0.717, 1.165) is 17.0 Å². The minimum Gasteiger partial charge on any atom is -0.348 e. The van der Waals surface area contributed by atoms with Crippen molar-refractivity contribution in [2.24, 2.45) is 0 Å². The number of benzene rings is 3. The molecule has 0 aromatic heterocycles. The molecule has 0 saturated carbocycles. The van der Waals surface area contributed by atoms with Gasteiger partial charge in [0.2, 0.25) is 5.91 Å². The normalized spacial score (nSPS) is 14.6. The summed E-state index contributed by atoms with van der Waals surface area (Å²) in [6.07, 6.45) is -4.88. The zero-order valence-electron chi connectivity index (χ0n) is 19.7. The van der Waals surface area contributed by atoms with Gasteiger partial charge in [-0.3, -0.25) is 9.59 Å². The molecule has 4 nitrogen and oxygen atoms in total. The summed E-state index contributed by atoms with van der Waals surface area (Å²) >= 11 is 1.87. The SMILES string of the molecule is CC1(C)C(=O)N(Cc2c(F)cccc2C(F)(F)F)c2cc(C(=O)NCc3c(F)cc(F)cc3F)cc(I)c21. The predicted molar refractivity (Wildman–Crippen MR) is 132 cm³/mol. The lowest BCUT2D eigenvalue weighted by atomic mass is 9.86. The first kappa shape index (κ1) is 27.9. The van der Waals surface area contributed by atoms with Gasteiger partial charge in [-0.15, -0.1) is 0 Å². The van der Waals surface area contributed by atoms with Crippen LogP contribution >= 0.6 is 22.6 Å². The number of rotatable bonds is 5. The number of carbonyl (C=O) groups is 2. The van der Waals surface area contributed by atoms with Crippen LogP contribution in [0.4, 0.5) is 36.4 Å². The van der Waals surface area contributed by atoms with Crippen molar-refractivity contribution >= 4 is 40.1 Å². The molecule has 1 heterocycles. The molecule has 0 radical (unpaired) electrons. The van der Waals surface area contributed by atoms with Crippen molar-refractivity contribution in [1.29, 1.82) is 0 Å². The summed E-state index contributed by atoms with van der Waals surface area (Å²) in [7, 11) is 0. The zero-order chi connectivity index (χ0) is 28.2. The maximum atomic E-state index is 14.6. The van der Waals surface area contributed by atoms with Gasteiger partial charge in [0, 0.05) is 44.5 Å². The van der Waals surface area contributed by atoms with Gasteiger partial charge in [-0.1, -0.05) is 6.07 Å². The minimum absolute atomic E-state index is 0.0591. The van der Waals surface area contributed by atoms with Crippen LogP contribution in [0.25, 0.3) is 0 Å². The van der Waals surface area contributed by atoms with E-state index in [0.29, 0.717) is 27.3 Å². The second-order valence-electron chi connectivity index (χ2n) is 9.16. The highest BCUT2D eigenvalue weighted by molar-refractivity contribution is 14.1. The van der Waals surface area contributed by atoms with Crippen LogP contribution in [-0.4, -0.2) is 11.8 Å². The summed E-state index contributed by atoms with van der Waals surface area (Å²) in [4.78, 5) is 27.2. The summed E-state index contributed by atoms with van der Waals surface area (Å²) in [6, 6.07) is 6.09. The third kappa shape index (κ3) is 4.97. The summed E-state index contributed by atoms with van der Waals surface area (Å²) in [5.41, 5.74) is -3.27. The van der Waals surface area contributed by atoms with Crippen LogP contribution in [0.15, 0.2) is 42.5 Å². The Bertz CT molecular complexity index is 1450. The molecule has 1 aliphatic heterocycles. The van der Waals surface area contributed by atoms with Gasteiger partial charge in [-0.05, 0) is 60.7 Å². The van der Waals surface area contributed by atoms with Crippen molar-refractivity contribution < 1.29 is 40.3 Å². The molecule has 200 valence electrons. The maximum absolute atomic E-state index is 14.6. The molecule has 2 amide bonds. The molecule has 0 saturated heterocycles. The molecule has 0 atom stereocenters. The third-order valence-electron chi connectivity index (χ3n) is 6.30. The smallest absolute Gasteiger partial charge is 0.348 e. The predicted octanol–water partition coefficient (Wildman–Crippen LogP) is 6.62. The Morgan fingerprint density at radius 1 is 0.974 bits per heavy atom. The number of anilines is 1. The van der Waals surface area contributed by atoms with E-state index < -0.39 is 76.5 Å². The van der Waals surface area contributed by atoms with Gasteiger partial charge in [0.1, 0.15) is 23.3 Å². The Morgan fingerprint density at radius 3 is 2.21 bits per heavy atom. The standard InChI is InChI=1S/C26H18F7IN2O2/c1-25(2)22-20(34)6-12(23(37)35-10-14-18(29)8-13(27)9-19(14)30)7-21(22)36(24(25)38)11-15-16(26(31,32)33)4-3-5-17(15)28/h3-9H,10-11H2,1-2H3,(H,35,37). The molecule has 38 heavy (non-hydrogen) atoms. The Kier molecular flexibility index (Phi) is 7.23. The lowest BCUT2D eigenvalue weighted by molar-refractivity contribution is -0.138. The summed E-state index contributed by atoms with van der Waals surface area (Å²) in [5.74, 6) is -6.09. The number of fused-ring (bicyclic) bond motifs is 1. The van der Waals surface area contributed by atoms with Gasteiger partial charge in [0.25, 0.3) is 5.91 Å². The van der Waals surface area contributed by atoms with Gasteiger partial charge < -0.3 is 10.2 Å². The lowest BCUT2D eigenvalue weighted by Gasteiger charge is -2.23. The summed E-state index contributed by atoms with van der Waals surface area (Å²) in [6.45, 7) is 1.75. The van der Waals surface area contributed by atoms with Gasteiger partial charge >= 0.3 is 6.18 Å². The first-order valence-corrected chi connectivity index (χ1v) is 12.1. The third-order valence-corrected chi connectivity index (χ3v) is 7.15. The van der Waals surface area contributed by atoms with E-state index in [2.05, 4.69) is 5.32 Å². The molecule has 4 rings (SSSR count). The van der Waals surface area contributed by atoms with Gasteiger partial charge in [-0.25, -0.2) is 17.6 Å². The fraction of sp³-hybridized carbons (Fsp3) is 0.231. The van der Waals surface area contributed by atoms with Crippen molar-refractivity contribution in [3.05, 3.63) is 97.1 Å². The number of amides is 2. The highest BCUT2D eigenvalue weighted by atomic mass is 127. The van der Waals surface area contributed by atoms with Crippen molar-refractivity contribution in [3.63, 3.8) is 0 Å². The molecular formula is C26H18F7IN2O2. The van der Waals surface area contributed by atoms with E-state index in [-0.39, 0.29) is 11.3 Å². The van der Waals surface area contributed by atoms with Crippen molar-refractivity contribution in [1.82, 2.24) is 5.32 Å². The largest absolute Gasteiger partial charge is 0.416 e. The molecule has 0 unspecified atom stereocenters. The second kappa shape index (κ2) is 9.86. The van der Waals surface area contributed by atoms with Crippen LogP contribution in [-0.2, 0) is 29.5 Å². The summed E-state index contributed by atoms with van der Waals surface area (Å²) in [5, 5.41) is 2.31. The zero-order valence-corrected chi connectivity index (χ0v) is 21.9. The van der Waals surface area contributed by atoms with Crippen LogP contribution in [0.2, 0.25) is 0 Å². The Morgan fingerprint density at radius 2 is 1.61 bits per heavy atom. The van der Waals surface area contributed by atoms with Crippen molar-refractivity contribution in [2.75, 3.05) is 4.90 Å². The van der Waals surface area contributed by atoms with Crippen molar-refractivity contribution in [2.45, 2.75) is 38.5 Å². The molecule has 1 N–H and O–H groups in total. The Hall–Kier alpha value is -3.16. The second-order valence-corrected chi connectivity index (χ2v) is 10.3. The fourth-order valence-corrected chi connectivity index (χ4v) is 5.71. The molecule has 3 aromatic carbocycles. The molecule has 0 spiro atoms. The van der Waals surface area contributed by atoms with Gasteiger partial charge in [0.15, 0.2) is 0 Å². The van der Waals surface area contributed by atoms with Crippen LogP contribution in [0.3, 0.4) is 0 Å². The highest BCUT2D eigenvalue weighted by Gasteiger charge is 2.47. The number of halogens is 8. The first-order chi connectivity index (χ1) is 17.6. The van der Waals surface area contributed by atoms with E-state index in [9.17, 15) is 40.3 Å². The van der Waals surface area contributed by atoms with Crippen LogP contribution in [0.1, 0.15) is 46.5 Å². The number of hydrogen-bond acceptors (Lipinski definition) is 2. The van der Waals surface area contributed by atoms with Crippen molar-refractivity contribution in [3.8, 4) is 0 Å². The highest BCUT2D eigenvalue weighted by Crippen LogP contribution is 2.46. The van der Waals surface area contributed by atoms with E-state index in [1.54, 1.807) is 13.8 Å². The monoisotopic (exact) mass is 650 g/mol. The molecule has 0 aliphatic carbocycles. The van der Waals surface area contributed by atoms with E-state index in [1.807, 2.05) is 22.6 Å². The molecule has 0 fully saturated rings. The average Bonchev–Trinajstić information content (AvgIpc) is 2.99. The maximum Gasteiger partial charge on any atom is 0.416 e. The number of carbonyl (C=O) groups excluding carboxylic acids is 2.